The van der Waals surface area contributed by atoms with Gasteiger partial charge < -0.3 is 155 Å². The molecule has 0 bridgehead atoms. The van der Waals surface area contributed by atoms with Gasteiger partial charge in [-0.05, 0) is 0 Å². The zero-order valence-electron chi connectivity index (χ0n) is 40.9. The highest BCUT2D eigenvalue weighted by Crippen LogP contribution is 2.37. The van der Waals surface area contributed by atoms with Gasteiger partial charge in [0.25, 0.3) is 0 Å². The van der Waals surface area contributed by atoms with Gasteiger partial charge in [-0.2, -0.15) is 0 Å². The van der Waals surface area contributed by atoms with E-state index in [1.807, 2.05) is 0 Å². The molecule has 34 heteroatoms. The topological polar surface area (TPSA) is 533 Å². The van der Waals surface area contributed by atoms with Crippen molar-refractivity contribution < 1.29 is 153 Å². The van der Waals surface area contributed by atoms with Crippen LogP contribution in [0.1, 0.15) is 20.8 Å². The quantitative estimate of drug-likeness (QED) is 0.0571. The third-order valence-electron chi connectivity index (χ3n) is 13.6. The van der Waals surface area contributed by atoms with Gasteiger partial charge in [-0.1, -0.05) is 0 Å². The van der Waals surface area contributed by atoms with E-state index >= 15 is 0 Å². The molecular weight excluding hydrogens is 1040 g/mol. The third-order valence-corrected chi connectivity index (χ3v) is 13.6. The predicted octanol–water partition coefficient (Wildman–Crippen LogP) is -13.7. The van der Waals surface area contributed by atoms with Gasteiger partial charge in [0.2, 0.25) is 17.7 Å². The summed E-state index contributed by atoms with van der Waals surface area (Å²) >= 11 is 0. The number of carbonyl (C=O) groups excluding carboxylic acids is 3. The molecular formula is C42H71N3O31. The van der Waals surface area contributed by atoms with Crippen molar-refractivity contribution in [1.82, 2.24) is 16.0 Å². The first-order valence-electron chi connectivity index (χ1n) is 24.1. The smallest absolute Gasteiger partial charge is 0.217 e. The van der Waals surface area contributed by atoms with Gasteiger partial charge in [0.15, 0.2) is 37.7 Å². The van der Waals surface area contributed by atoms with Crippen molar-refractivity contribution in [3.05, 3.63) is 0 Å². The summed E-state index contributed by atoms with van der Waals surface area (Å²) in [6, 6.07) is -4.95. The van der Waals surface area contributed by atoms with Gasteiger partial charge in [-0.15, -0.1) is 0 Å². The average Bonchev–Trinajstić information content (AvgIpc) is 3.37. The molecule has 0 spiro atoms. The highest BCUT2D eigenvalue weighted by Gasteiger charge is 2.58. The Bertz CT molecular complexity index is 1870. The van der Waals surface area contributed by atoms with Gasteiger partial charge in [0, 0.05) is 20.8 Å². The summed E-state index contributed by atoms with van der Waals surface area (Å²) in [5, 5.41) is 190. The second-order valence-electron chi connectivity index (χ2n) is 19.0. The summed E-state index contributed by atoms with van der Waals surface area (Å²) in [6.45, 7) is -2.63. The zero-order valence-corrected chi connectivity index (χ0v) is 40.9. The molecule has 76 heavy (non-hydrogen) atoms. The van der Waals surface area contributed by atoms with Crippen LogP contribution in [0.5, 0.6) is 0 Å². The van der Waals surface area contributed by atoms with Crippen molar-refractivity contribution in [2.24, 2.45) is 0 Å². The van der Waals surface area contributed by atoms with Crippen LogP contribution in [0.3, 0.4) is 0 Å². The standard InChI is InChI=1S/C42H71N3O31/c1-10(51)43-19-27(59)22(54)13(4-46)68-38(19)73-33-17(8-50)72-42(36(31(33)63)76-40-21(45-12(3)53)29(61)24(56)15(6-48)70-40)74-34-26(58)18(67-37(65)32(34)64)9-66-41-35(30(62)25(57)16(7-49)71-41)75-39-20(44-11(2)52)28(60)23(55)14(5-47)69-39/h13-42,46-50,54-65H,4-9H2,1-3H3,(H,43,51)(H,44,52)(H,45,53)/t13-,14-,15-,16-,17-,18-,19-,20-,21-,22-,23-,24-,25-,26-,27-,28-,29-,30+,31+,32+,33-,34+,35+,36+,37-,38+,39+,40+,41+,42-/m1/s1. The minimum absolute atomic E-state index is 0.757. The maximum atomic E-state index is 12.4. The molecule has 6 fully saturated rings. The Kier molecular flexibility index (Phi) is 22.3. The van der Waals surface area contributed by atoms with Crippen LogP contribution in [0.4, 0.5) is 0 Å². The minimum atomic E-state index is -2.29. The number of hydrogen-bond acceptors (Lipinski definition) is 31. The summed E-state index contributed by atoms with van der Waals surface area (Å²) in [4.78, 5) is 36.7. The molecule has 6 heterocycles. The van der Waals surface area contributed by atoms with Crippen molar-refractivity contribution in [1.29, 1.82) is 0 Å². The first-order valence-corrected chi connectivity index (χ1v) is 24.1. The number of ether oxygens (including phenoxy) is 11. The molecule has 6 rings (SSSR count). The molecule has 3 amide bonds. The fraction of sp³-hybridized carbons (Fsp3) is 0.929. The van der Waals surface area contributed by atoms with Crippen molar-refractivity contribution >= 4 is 17.7 Å². The SMILES string of the molecule is CC(=O)N[C@H]1[C@H](O[C@@H]2[C@@H](O[C@@H]3[C@H](O)[C@H](O)O[C@H](CO[C@H]4O[C@H](CO)[C@@H](O)[C@H](O)[C@@H]4O[C@@H]4O[C@H](CO)[C@@H](O)[C@H](O)[C@H]4NC(C)=O)[C@H]3O)O[C@H](CO)[C@@H](O[C@@H]3O[C@H](CO)[C@@H](O)[C@H](O)[C@H]3NC(C)=O)[C@@H]2O)O[C@H](CO)[C@@H](O)[C@@H]1O. The van der Waals surface area contributed by atoms with Crippen LogP contribution < -0.4 is 16.0 Å². The number of aliphatic hydroxyl groups excluding tert-OH is 17. The second-order valence-corrected chi connectivity index (χ2v) is 19.0. The summed E-state index contributed by atoms with van der Waals surface area (Å²) < 4.78 is 63.8. The van der Waals surface area contributed by atoms with Crippen LogP contribution in [-0.2, 0) is 66.5 Å². The molecule has 0 unspecified atom stereocenters. The number of rotatable bonds is 19. The van der Waals surface area contributed by atoms with Gasteiger partial charge in [-0.25, -0.2) is 0 Å². The lowest BCUT2D eigenvalue weighted by atomic mass is 9.94. The normalized spacial score (nSPS) is 48.2. The van der Waals surface area contributed by atoms with E-state index in [9.17, 15) is 101 Å². The highest BCUT2D eigenvalue weighted by molar-refractivity contribution is 5.74. The first-order chi connectivity index (χ1) is 35.9. The van der Waals surface area contributed by atoms with Crippen molar-refractivity contribution in [2.75, 3.05) is 39.6 Å². The Labute approximate surface area is 431 Å². The molecule has 0 saturated carbocycles. The van der Waals surface area contributed by atoms with Crippen LogP contribution in [0.2, 0.25) is 0 Å². The molecule has 6 aliphatic rings. The molecule has 6 saturated heterocycles. The van der Waals surface area contributed by atoms with E-state index in [2.05, 4.69) is 16.0 Å². The third kappa shape index (κ3) is 13.7. The lowest BCUT2D eigenvalue weighted by molar-refractivity contribution is -0.395. The molecule has 6 aliphatic heterocycles. The Balaban J connectivity index is 1.29. The van der Waals surface area contributed by atoms with Crippen LogP contribution in [-0.4, -0.2) is 328 Å². The van der Waals surface area contributed by atoms with Crippen LogP contribution in [0, 0.1) is 0 Å². The summed E-state index contributed by atoms with van der Waals surface area (Å²) in [6.07, 6.45) is -51.9. The molecule has 0 radical (unpaired) electrons. The van der Waals surface area contributed by atoms with E-state index in [1.165, 1.54) is 0 Å². The fourth-order valence-electron chi connectivity index (χ4n) is 9.58. The highest BCUT2D eigenvalue weighted by atomic mass is 16.8. The largest absolute Gasteiger partial charge is 0.394 e. The Hall–Kier alpha value is -2.71. The number of nitrogens with one attached hydrogen (secondary N) is 3. The maximum Gasteiger partial charge on any atom is 0.217 e. The Morgan fingerprint density at radius 2 is 0.671 bits per heavy atom. The van der Waals surface area contributed by atoms with Crippen LogP contribution in [0.25, 0.3) is 0 Å². The minimum Gasteiger partial charge on any atom is -0.394 e. The van der Waals surface area contributed by atoms with E-state index in [-0.39, 0.29) is 0 Å². The van der Waals surface area contributed by atoms with Gasteiger partial charge in [-0.3, -0.25) is 14.4 Å². The molecule has 0 aromatic carbocycles. The molecule has 440 valence electrons. The van der Waals surface area contributed by atoms with E-state index in [1.54, 1.807) is 0 Å². The fourth-order valence-corrected chi connectivity index (χ4v) is 9.58. The van der Waals surface area contributed by atoms with Gasteiger partial charge >= 0.3 is 0 Å². The predicted molar refractivity (Wildman–Crippen MR) is 234 cm³/mol. The van der Waals surface area contributed by atoms with Crippen molar-refractivity contribution in [3.8, 4) is 0 Å². The van der Waals surface area contributed by atoms with Gasteiger partial charge in [0.05, 0.1) is 39.6 Å². The van der Waals surface area contributed by atoms with E-state index in [0.717, 1.165) is 20.8 Å². The summed E-state index contributed by atoms with van der Waals surface area (Å²) in [5.41, 5.74) is 0. The van der Waals surface area contributed by atoms with E-state index in [4.69, 9.17) is 52.1 Å². The lowest BCUT2D eigenvalue weighted by Crippen LogP contribution is -2.70. The maximum absolute atomic E-state index is 12.4. The number of carbonyl (C=O) groups is 3. The molecule has 34 nitrogen and oxygen atoms in total. The lowest BCUT2D eigenvalue weighted by Gasteiger charge is -2.51. The molecule has 20 N–H and O–H groups in total. The molecule has 0 aromatic rings. The Morgan fingerprint density at radius 3 is 1.05 bits per heavy atom. The monoisotopic (exact) mass is 1110 g/mol. The molecule has 0 aromatic heterocycles. The van der Waals surface area contributed by atoms with Crippen LogP contribution in [0.15, 0.2) is 0 Å². The average molecular weight is 1110 g/mol. The molecule has 0 aliphatic carbocycles. The van der Waals surface area contributed by atoms with Crippen LogP contribution >= 0.6 is 0 Å². The number of hydrogen-bond donors (Lipinski definition) is 20. The second kappa shape index (κ2) is 27.2. The summed E-state index contributed by atoms with van der Waals surface area (Å²) in [7, 11) is 0. The summed E-state index contributed by atoms with van der Waals surface area (Å²) in [5.74, 6) is -2.36. The van der Waals surface area contributed by atoms with Gasteiger partial charge in [0.1, 0.15) is 146 Å². The number of amides is 3. The Morgan fingerprint density at radius 1 is 0.342 bits per heavy atom. The molecule has 30 atom stereocenters. The first kappa shape index (κ1) is 62.5. The van der Waals surface area contributed by atoms with Crippen molar-refractivity contribution in [3.63, 3.8) is 0 Å². The zero-order chi connectivity index (χ0) is 56.2. The van der Waals surface area contributed by atoms with E-state index in [0.29, 0.717) is 0 Å². The van der Waals surface area contributed by atoms with Crippen molar-refractivity contribution in [2.45, 2.75) is 205 Å². The van der Waals surface area contributed by atoms with E-state index < -0.39 is 241 Å². The number of aliphatic hydroxyl groups is 17.